The van der Waals surface area contributed by atoms with Crippen molar-refractivity contribution >= 4 is 125 Å². The van der Waals surface area contributed by atoms with E-state index in [-0.39, 0.29) is 37.7 Å². The van der Waals surface area contributed by atoms with E-state index in [0.717, 1.165) is 86.9 Å². The van der Waals surface area contributed by atoms with E-state index in [9.17, 15) is 0 Å². The summed E-state index contributed by atoms with van der Waals surface area (Å²) < 4.78 is 0. The van der Waals surface area contributed by atoms with Crippen molar-refractivity contribution in [1.82, 2.24) is 39.9 Å². The molecule has 0 atom stereocenters. The first kappa shape index (κ1) is 32.6. The van der Waals surface area contributed by atoms with Gasteiger partial charge in [-0.05, 0) is 113 Å². The molecule has 0 radical (unpaired) electrons. The second-order valence-electron chi connectivity index (χ2n) is 14.5. The predicted octanol–water partition coefficient (Wildman–Crippen LogP) is 10.4. The third-order valence-corrected chi connectivity index (χ3v) is 11.2. The van der Waals surface area contributed by atoms with Gasteiger partial charge in [-0.3, -0.25) is 0 Å². The van der Waals surface area contributed by atoms with E-state index in [1.165, 1.54) is 0 Å². The minimum atomic E-state index is 0. The maximum absolute atomic E-state index is 5.24. The molecule has 0 aliphatic carbocycles. The summed E-state index contributed by atoms with van der Waals surface area (Å²) in [6.45, 7) is 0. The van der Waals surface area contributed by atoms with Crippen LogP contribution in [0.5, 0.6) is 0 Å². The fourth-order valence-electron chi connectivity index (χ4n) is 8.41. The van der Waals surface area contributed by atoms with Gasteiger partial charge in [0.05, 0.1) is 23.3 Å². The van der Waals surface area contributed by atoms with Crippen molar-refractivity contribution in [1.29, 1.82) is 0 Å². The van der Waals surface area contributed by atoms with Gasteiger partial charge in [-0.1, -0.05) is 97.1 Å². The zero-order valence-corrected chi connectivity index (χ0v) is 32.3. The third kappa shape index (κ3) is 4.98. The number of nitrogens with zero attached hydrogens (tertiary/aromatic N) is 8. The topological polar surface area (TPSA) is 106 Å². The summed E-state index contributed by atoms with van der Waals surface area (Å²) in [6, 6.07) is 50.4. The van der Waals surface area contributed by atoms with E-state index >= 15 is 0 Å². The van der Waals surface area contributed by atoms with Crippen LogP contribution in [0.1, 0.15) is 0 Å². The Bertz CT molecular complexity index is 3260. The first-order valence-electron chi connectivity index (χ1n) is 18.5. The van der Waals surface area contributed by atoms with Crippen LogP contribution in [0.25, 0.3) is 133 Å². The molecule has 0 unspecified atom stereocenters. The first-order chi connectivity index (χ1) is 27.7. The normalized spacial score (nSPS) is 12.1. The number of fused-ring (bicyclic) bond motifs is 24. The summed E-state index contributed by atoms with van der Waals surface area (Å²) in [6.07, 6.45) is 0. The van der Waals surface area contributed by atoms with Crippen LogP contribution in [0, 0.1) is 0 Å². The number of hydrogen-bond donors (Lipinski definition) is 0. The van der Waals surface area contributed by atoms with Gasteiger partial charge in [0.15, 0.2) is 0 Å². The average molecular weight is 753 g/mol. The van der Waals surface area contributed by atoms with E-state index in [2.05, 4.69) is 97.1 Å². The van der Waals surface area contributed by atoms with E-state index < -0.39 is 0 Å². The summed E-state index contributed by atoms with van der Waals surface area (Å²) in [7, 11) is 0. The van der Waals surface area contributed by atoms with Crippen molar-refractivity contribution in [3.8, 4) is 45.6 Å². The zero-order chi connectivity index (χ0) is 36.5. The smallest absolute Gasteiger partial charge is 0.357 e. The van der Waals surface area contributed by atoms with Crippen molar-refractivity contribution in [3.05, 3.63) is 146 Å². The molecule has 8 bridgehead atoms. The Morgan fingerprint density at radius 1 is 0.263 bits per heavy atom. The molecule has 258 valence electrons. The maximum atomic E-state index is 5.24. The number of aromatic nitrogens is 8. The molecule has 5 heterocycles. The van der Waals surface area contributed by atoms with E-state index in [4.69, 9.17) is 39.9 Å². The molecule has 2 aliphatic heterocycles. The largest absolute Gasteiger partial charge is 2.00 e. The molecule has 57 heavy (non-hydrogen) atoms. The summed E-state index contributed by atoms with van der Waals surface area (Å²) in [5.74, 6) is 2.14. The fraction of sp³-hybridized carbons (Fsp3) is 0. The van der Waals surface area contributed by atoms with Gasteiger partial charge < -0.3 is 29.9 Å². The predicted molar refractivity (Wildman–Crippen MR) is 230 cm³/mol. The molecule has 9 heteroatoms. The molecular weight excluding hydrogens is 729 g/mol. The Kier molecular flexibility index (Phi) is 6.99. The molecular formula is C48H24CaN8. The fourth-order valence-corrected chi connectivity index (χ4v) is 8.41. The molecule has 0 spiro atoms. The Balaban J connectivity index is 0.00000356. The van der Waals surface area contributed by atoms with Crippen LogP contribution in [0.3, 0.4) is 0 Å². The minimum Gasteiger partial charge on any atom is -0.357 e. The molecule has 0 N–H and O–H groups in total. The number of benzene rings is 8. The quantitative estimate of drug-likeness (QED) is 0.141. The van der Waals surface area contributed by atoms with Crippen LogP contribution in [0.4, 0.5) is 0 Å². The molecule has 0 saturated heterocycles. The van der Waals surface area contributed by atoms with Gasteiger partial charge >= 0.3 is 37.7 Å². The van der Waals surface area contributed by atoms with Crippen molar-refractivity contribution < 1.29 is 0 Å². The summed E-state index contributed by atoms with van der Waals surface area (Å²) in [4.78, 5) is 41.6. The van der Waals surface area contributed by atoms with Gasteiger partial charge in [-0.2, -0.15) is 0 Å². The second-order valence-corrected chi connectivity index (χ2v) is 14.5. The Labute approximate surface area is 353 Å². The number of hydrogen-bond acceptors (Lipinski definition) is 6. The summed E-state index contributed by atoms with van der Waals surface area (Å²) >= 11 is 0. The van der Waals surface area contributed by atoms with E-state index in [0.29, 0.717) is 45.9 Å². The van der Waals surface area contributed by atoms with Crippen molar-refractivity contribution in [2.45, 2.75) is 0 Å². The molecule has 8 nitrogen and oxygen atoms in total. The van der Waals surface area contributed by atoms with Gasteiger partial charge in [0.25, 0.3) is 0 Å². The molecule has 3 aromatic heterocycles. The standard InChI is InChI=1S/C48H24N8.Ca/c1-2-10-26-18-34-33(17-25(26)9-1)41-49-42(34)54-44-37-21-29-13-5-6-14-30(29)22-38(37)46(51-44)56-48-40-24-32-16-8-7-15-31(32)23-39(40)47(52-48)55-45-36-20-28-12-4-3-11-27(28)19-35(36)43(50-45)53-41;/h1-24H;/q-2;+2. The van der Waals surface area contributed by atoms with Crippen LogP contribution >= 0.6 is 0 Å². The Morgan fingerprint density at radius 2 is 0.474 bits per heavy atom. The van der Waals surface area contributed by atoms with E-state index in [1.54, 1.807) is 0 Å². The van der Waals surface area contributed by atoms with Gasteiger partial charge in [0.2, 0.25) is 0 Å². The van der Waals surface area contributed by atoms with Crippen molar-refractivity contribution in [2.24, 2.45) is 0 Å². The van der Waals surface area contributed by atoms with Crippen LogP contribution in [-0.4, -0.2) is 67.6 Å². The minimum absolute atomic E-state index is 0. The van der Waals surface area contributed by atoms with Gasteiger partial charge in [0, 0.05) is 44.8 Å². The van der Waals surface area contributed by atoms with Gasteiger partial charge in [-0.15, -0.1) is 0 Å². The van der Waals surface area contributed by atoms with Crippen LogP contribution in [0.2, 0.25) is 0 Å². The van der Waals surface area contributed by atoms with E-state index in [1.807, 2.05) is 48.5 Å². The summed E-state index contributed by atoms with van der Waals surface area (Å²) in [5.41, 5.74) is 5.67. The molecule has 11 aromatic rings. The molecule has 0 fully saturated rings. The summed E-state index contributed by atoms with van der Waals surface area (Å²) in [5, 5.41) is 12.2. The molecule has 13 rings (SSSR count). The molecule has 0 saturated carbocycles. The molecule has 0 amide bonds. The average Bonchev–Trinajstić information content (AvgIpc) is 3.95. The van der Waals surface area contributed by atoms with Crippen molar-refractivity contribution in [2.75, 3.05) is 0 Å². The molecule has 2 aliphatic rings. The zero-order valence-electron chi connectivity index (χ0n) is 30.1. The Hall–Kier alpha value is -6.58. The third-order valence-electron chi connectivity index (χ3n) is 11.2. The van der Waals surface area contributed by atoms with Crippen molar-refractivity contribution in [3.63, 3.8) is 0 Å². The second kappa shape index (κ2) is 12.2. The maximum Gasteiger partial charge on any atom is 2.00 e. The monoisotopic (exact) mass is 752 g/mol. The van der Waals surface area contributed by atoms with Crippen LogP contribution in [-0.2, 0) is 0 Å². The van der Waals surface area contributed by atoms with Crippen LogP contribution in [0.15, 0.2) is 146 Å². The van der Waals surface area contributed by atoms with Gasteiger partial charge in [0.1, 0.15) is 0 Å². The van der Waals surface area contributed by atoms with Crippen LogP contribution < -0.4 is 9.97 Å². The first-order valence-corrected chi connectivity index (χ1v) is 18.5. The Morgan fingerprint density at radius 3 is 0.702 bits per heavy atom. The van der Waals surface area contributed by atoms with Gasteiger partial charge in [-0.25, -0.2) is 9.97 Å². The number of rotatable bonds is 0. The molecule has 8 aromatic carbocycles. The SMILES string of the molecule is [Ca+2].c1ccc2cc3c(cc2c1)-c1nc-3nc2[n-]c(nc3nc(nc4[n-]c(n1)c1cc5ccccc5cc41)-c1cc4ccccc4cc1-3)c1cc3ccccc3cc21.